The lowest BCUT2D eigenvalue weighted by Gasteiger charge is -2.37. The molecule has 1 aromatic carbocycles. The van der Waals surface area contributed by atoms with Gasteiger partial charge in [0.25, 0.3) is 0 Å². The molecule has 0 spiro atoms. The molecular weight excluding hydrogens is 322 g/mol. The molecule has 0 radical (unpaired) electrons. The third-order valence-electron chi connectivity index (χ3n) is 5.29. The number of carbonyl (C=O) groups excluding carboxylic acids is 1. The third-order valence-corrected chi connectivity index (χ3v) is 5.29. The quantitative estimate of drug-likeness (QED) is 0.857. The largest absolute Gasteiger partial charge is 0.353 e. The summed E-state index contributed by atoms with van der Waals surface area (Å²) in [4.78, 5) is 14.9. The molecule has 134 valence electrons. The summed E-state index contributed by atoms with van der Waals surface area (Å²) in [5.74, 6) is 0.980. The van der Waals surface area contributed by atoms with Gasteiger partial charge in [0.2, 0.25) is 5.91 Å². The number of hydrogen-bond donors (Lipinski definition) is 2. The van der Waals surface area contributed by atoms with Gasteiger partial charge in [-0.25, -0.2) is 0 Å². The van der Waals surface area contributed by atoms with Crippen LogP contribution in [0.5, 0.6) is 0 Å². The Morgan fingerprint density at radius 2 is 1.96 bits per heavy atom. The van der Waals surface area contributed by atoms with Crippen LogP contribution < -0.4 is 10.6 Å². The van der Waals surface area contributed by atoms with Crippen molar-refractivity contribution in [2.75, 3.05) is 26.2 Å². The normalized spacial score (nSPS) is 23.5. The first-order valence-electron chi connectivity index (χ1n) is 9.04. The summed E-state index contributed by atoms with van der Waals surface area (Å²) in [6.45, 7) is 6.25. The van der Waals surface area contributed by atoms with E-state index in [1.54, 1.807) is 0 Å². The number of hydrogen-bond acceptors (Lipinski definition) is 3. The molecule has 24 heavy (non-hydrogen) atoms. The van der Waals surface area contributed by atoms with Crippen LogP contribution in [0.25, 0.3) is 0 Å². The molecule has 1 amide bonds. The minimum absolute atomic E-state index is 0. The zero-order valence-corrected chi connectivity index (χ0v) is 15.4. The predicted molar refractivity (Wildman–Crippen MR) is 100 cm³/mol. The van der Waals surface area contributed by atoms with Crippen LogP contribution in [0.15, 0.2) is 30.3 Å². The van der Waals surface area contributed by atoms with E-state index in [9.17, 15) is 4.79 Å². The zero-order chi connectivity index (χ0) is 16.1. The molecule has 2 atom stereocenters. The van der Waals surface area contributed by atoms with Crippen molar-refractivity contribution in [3.63, 3.8) is 0 Å². The number of piperidine rings is 1. The van der Waals surface area contributed by atoms with Gasteiger partial charge in [-0.2, -0.15) is 0 Å². The molecule has 0 aromatic heterocycles. The van der Waals surface area contributed by atoms with Gasteiger partial charge in [-0.1, -0.05) is 37.3 Å². The Kier molecular flexibility index (Phi) is 7.53. The number of benzene rings is 1. The van der Waals surface area contributed by atoms with Crippen molar-refractivity contribution in [3.8, 4) is 0 Å². The summed E-state index contributed by atoms with van der Waals surface area (Å²) in [5.41, 5.74) is 1.31. The molecule has 2 fully saturated rings. The van der Waals surface area contributed by atoms with Crippen molar-refractivity contribution in [3.05, 3.63) is 35.9 Å². The molecule has 2 aliphatic rings. The van der Waals surface area contributed by atoms with Crippen LogP contribution in [-0.2, 0) is 4.79 Å². The summed E-state index contributed by atoms with van der Waals surface area (Å²) in [7, 11) is 0. The van der Waals surface area contributed by atoms with E-state index >= 15 is 0 Å². The highest BCUT2D eigenvalue weighted by atomic mass is 35.5. The lowest BCUT2D eigenvalue weighted by molar-refractivity contribution is -0.123. The van der Waals surface area contributed by atoms with Gasteiger partial charge in [-0.15, -0.1) is 12.4 Å². The molecule has 2 saturated heterocycles. The Morgan fingerprint density at radius 3 is 2.58 bits per heavy atom. The summed E-state index contributed by atoms with van der Waals surface area (Å²) < 4.78 is 0. The molecule has 4 nitrogen and oxygen atoms in total. The molecule has 0 saturated carbocycles. The topological polar surface area (TPSA) is 44.4 Å². The molecule has 1 aromatic rings. The van der Waals surface area contributed by atoms with E-state index in [4.69, 9.17) is 0 Å². The predicted octanol–water partition coefficient (Wildman–Crippen LogP) is 2.75. The average molecular weight is 352 g/mol. The highest BCUT2D eigenvalue weighted by molar-refractivity contribution is 5.85. The summed E-state index contributed by atoms with van der Waals surface area (Å²) in [5, 5.41) is 6.47. The Labute approximate surface area is 151 Å². The van der Waals surface area contributed by atoms with Crippen molar-refractivity contribution >= 4 is 18.3 Å². The maximum Gasteiger partial charge on any atom is 0.237 e. The van der Waals surface area contributed by atoms with Crippen LogP contribution in [-0.4, -0.2) is 43.0 Å². The fourth-order valence-electron chi connectivity index (χ4n) is 3.70. The second-order valence-electron chi connectivity index (χ2n) is 7.04. The van der Waals surface area contributed by atoms with Crippen molar-refractivity contribution in [1.82, 2.24) is 15.5 Å². The SMILES string of the molecule is CC1CCN(C(CNC(=O)C2CCCN2)c2ccccc2)CC1.Cl. The number of carbonyl (C=O) groups is 1. The van der Waals surface area contributed by atoms with Crippen LogP contribution >= 0.6 is 12.4 Å². The highest BCUT2D eigenvalue weighted by Crippen LogP contribution is 2.26. The van der Waals surface area contributed by atoms with E-state index < -0.39 is 0 Å². The van der Waals surface area contributed by atoms with Crippen molar-refractivity contribution in [2.24, 2.45) is 5.92 Å². The Hall–Kier alpha value is -1.10. The highest BCUT2D eigenvalue weighted by Gasteiger charge is 2.27. The van der Waals surface area contributed by atoms with Gasteiger partial charge in [-0.3, -0.25) is 9.69 Å². The Bertz CT molecular complexity index is 497. The summed E-state index contributed by atoms with van der Waals surface area (Å²) >= 11 is 0. The van der Waals surface area contributed by atoms with Gasteiger partial charge >= 0.3 is 0 Å². The molecule has 0 bridgehead atoms. The third kappa shape index (κ3) is 4.95. The van der Waals surface area contributed by atoms with Crippen LogP contribution in [0, 0.1) is 5.92 Å². The van der Waals surface area contributed by atoms with Crippen LogP contribution in [0.3, 0.4) is 0 Å². The van der Waals surface area contributed by atoms with E-state index in [1.807, 2.05) is 0 Å². The van der Waals surface area contributed by atoms with Crippen molar-refractivity contribution < 1.29 is 4.79 Å². The van der Waals surface area contributed by atoms with Crippen LogP contribution in [0.2, 0.25) is 0 Å². The van der Waals surface area contributed by atoms with Gasteiger partial charge in [0.1, 0.15) is 0 Å². The van der Waals surface area contributed by atoms with Gasteiger partial charge in [-0.05, 0) is 56.8 Å². The van der Waals surface area contributed by atoms with Crippen LogP contribution in [0.4, 0.5) is 0 Å². The maximum atomic E-state index is 12.3. The number of nitrogens with zero attached hydrogens (tertiary/aromatic N) is 1. The first-order chi connectivity index (χ1) is 11.2. The minimum Gasteiger partial charge on any atom is -0.353 e. The molecule has 2 N–H and O–H groups in total. The molecule has 2 unspecified atom stereocenters. The maximum absolute atomic E-state index is 12.3. The standard InChI is InChI=1S/C19H29N3O.ClH/c1-15-9-12-22(13-10-15)18(16-6-3-2-4-7-16)14-21-19(23)17-8-5-11-20-17;/h2-4,6-7,15,17-18,20H,5,8-14H2,1H3,(H,21,23);1H. The average Bonchev–Trinajstić information content (AvgIpc) is 3.12. The molecule has 5 heteroatoms. The fraction of sp³-hybridized carbons (Fsp3) is 0.632. The van der Waals surface area contributed by atoms with Gasteiger partial charge < -0.3 is 10.6 Å². The van der Waals surface area contributed by atoms with Gasteiger partial charge in [0, 0.05) is 6.54 Å². The molecule has 2 heterocycles. The first kappa shape index (κ1) is 19.2. The fourth-order valence-corrected chi connectivity index (χ4v) is 3.70. The van der Waals surface area contributed by atoms with E-state index in [2.05, 4.69) is 52.8 Å². The van der Waals surface area contributed by atoms with E-state index in [0.717, 1.165) is 38.4 Å². The molecule has 2 aliphatic heterocycles. The lowest BCUT2D eigenvalue weighted by Crippen LogP contribution is -2.46. The lowest BCUT2D eigenvalue weighted by atomic mass is 9.95. The smallest absolute Gasteiger partial charge is 0.237 e. The molecule has 3 rings (SSSR count). The minimum atomic E-state index is 0. The number of halogens is 1. The second-order valence-corrected chi connectivity index (χ2v) is 7.04. The van der Waals surface area contributed by atoms with E-state index in [1.165, 1.54) is 18.4 Å². The number of rotatable bonds is 5. The Morgan fingerprint density at radius 1 is 1.25 bits per heavy atom. The first-order valence-corrected chi connectivity index (χ1v) is 9.04. The zero-order valence-electron chi connectivity index (χ0n) is 14.5. The molecular formula is C19H30ClN3O. The Balaban J connectivity index is 0.00000208. The molecule has 0 aliphatic carbocycles. The number of amides is 1. The number of nitrogens with one attached hydrogen (secondary N) is 2. The van der Waals surface area contributed by atoms with Crippen molar-refractivity contribution in [1.29, 1.82) is 0 Å². The van der Waals surface area contributed by atoms with Gasteiger partial charge in [0.05, 0.1) is 12.1 Å². The number of likely N-dealkylation sites (tertiary alicyclic amines) is 1. The second kappa shape index (κ2) is 9.40. The van der Waals surface area contributed by atoms with Gasteiger partial charge in [0.15, 0.2) is 0 Å². The van der Waals surface area contributed by atoms with Crippen LogP contribution in [0.1, 0.15) is 44.2 Å². The van der Waals surface area contributed by atoms with Crippen molar-refractivity contribution in [2.45, 2.75) is 44.7 Å². The summed E-state index contributed by atoms with van der Waals surface area (Å²) in [6, 6.07) is 10.9. The van der Waals surface area contributed by atoms with E-state index in [-0.39, 0.29) is 30.4 Å². The monoisotopic (exact) mass is 351 g/mol. The summed E-state index contributed by atoms with van der Waals surface area (Å²) in [6.07, 6.45) is 4.57. The van der Waals surface area contributed by atoms with E-state index in [0.29, 0.717) is 6.54 Å².